The Morgan fingerprint density at radius 3 is 2.30 bits per heavy atom. The largest absolute Gasteiger partial charge is 0.368 e. The second-order valence-electron chi connectivity index (χ2n) is 2.88. The third-order valence-electron chi connectivity index (χ3n) is 2.02. The van der Waals surface area contributed by atoms with Gasteiger partial charge >= 0.3 is 0 Å². The Balaban J connectivity index is 2.57. The van der Waals surface area contributed by atoms with Crippen molar-refractivity contribution in [2.45, 2.75) is 12.5 Å². The van der Waals surface area contributed by atoms with E-state index in [-0.39, 0.29) is 5.92 Å². The van der Waals surface area contributed by atoms with Gasteiger partial charge in [-0.15, -0.1) is 0 Å². The molecule has 4 N–H and O–H groups in total. The van der Waals surface area contributed by atoms with Gasteiger partial charge in [0.05, 0.1) is 5.54 Å². The first kappa shape index (κ1) is 7.88. The maximum atomic E-state index is 10.7. The molecule has 0 aromatic heterocycles. The smallest absolute Gasteiger partial charge is 0.237 e. The number of nitrogens with two attached hydrogens (primary N) is 2. The van der Waals surface area contributed by atoms with Gasteiger partial charge in [0, 0.05) is 5.92 Å². The molecule has 0 saturated carbocycles. The molecular formula is C6H12N2OS. The van der Waals surface area contributed by atoms with Crippen molar-refractivity contribution >= 4 is 17.7 Å². The van der Waals surface area contributed by atoms with E-state index < -0.39 is 11.4 Å². The standard InChI is InChI=1S/C6H12N2OS/c1-6(8,5(7)9)4-2-10-3-4/h4H,2-3,8H2,1H3,(H2,7,9). The molecule has 0 aromatic rings. The van der Waals surface area contributed by atoms with E-state index in [1.54, 1.807) is 18.7 Å². The number of thioether (sulfide) groups is 1. The molecule has 0 radical (unpaired) electrons. The molecule has 0 bridgehead atoms. The molecular weight excluding hydrogens is 148 g/mol. The van der Waals surface area contributed by atoms with Crippen molar-refractivity contribution in [3.05, 3.63) is 0 Å². The van der Waals surface area contributed by atoms with Crippen molar-refractivity contribution < 1.29 is 4.79 Å². The van der Waals surface area contributed by atoms with Gasteiger partial charge in [0.2, 0.25) is 5.91 Å². The van der Waals surface area contributed by atoms with Crippen molar-refractivity contribution in [1.29, 1.82) is 0 Å². The lowest BCUT2D eigenvalue weighted by Gasteiger charge is -2.36. The van der Waals surface area contributed by atoms with E-state index >= 15 is 0 Å². The van der Waals surface area contributed by atoms with Crippen LogP contribution in [0.4, 0.5) is 0 Å². The predicted octanol–water partition coefficient (Wildman–Crippen LogP) is -0.448. The lowest BCUT2D eigenvalue weighted by atomic mass is 9.88. The van der Waals surface area contributed by atoms with E-state index in [2.05, 4.69) is 0 Å². The summed E-state index contributed by atoms with van der Waals surface area (Å²) in [6, 6.07) is 0. The summed E-state index contributed by atoms with van der Waals surface area (Å²) < 4.78 is 0. The van der Waals surface area contributed by atoms with Gasteiger partial charge in [0.15, 0.2) is 0 Å². The van der Waals surface area contributed by atoms with Crippen LogP contribution in [0.2, 0.25) is 0 Å². The van der Waals surface area contributed by atoms with Crippen LogP contribution in [0.25, 0.3) is 0 Å². The first-order valence-electron chi connectivity index (χ1n) is 3.21. The second-order valence-corrected chi connectivity index (χ2v) is 3.96. The first-order valence-corrected chi connectivity index (χ1v) is 4.37. The number of amides is 1. The number of hydrogen-bond acceptors (Lipinski definition) is 3. The van der Waals surface area contributed by atoms with Gasteiger partial charge in [0.1, 0.15) is 0 Å². The summed E-state index contributed by atoms with van der Waals surface area (Å²) in [7, 11) is 0. The van der Waals surface area contributed by atoms with E-state index in [0.717, 1.165) is 11.5 Å². The van der Waals surface area contributed by atoms with Crippen LogP contribution in [-0.4, -0.2) is 23.0 Å². The lowest BCUT2D eigenvalue weighted by Crippen LogP contribution is -2.58. The minimum atomic E-state index is -0.786. The second kappa shape index (κ2) is 2.43. The van der Waals surface area contributed by atoms with Gasteiger partial charge in [-0.25, -0.2) is 0 Å². The zero-order chi connectivity index (χ0) is 7.78. The van der Waals surface area contributed by atoms with Crippen LogP contribution in [0.3, 0.4) is 0 Å². The normalized spacial score (nSPS) is 25.0. The van der Waals surface area contributed by atoms with Gasteiger partial charge in [-0.3, -0.25) is 4.79 Å². The number of rotatable bonds is 2. The Morgan fingerprint density at radius 2 is 2.20 bits per heavy atom. The van der Waals surface area contributed by atoms with Crippen molar-refractivity contribution in [2.75, 3.05) is 11.5 Å². The molecule has 1 atom stereocenters. The predicted molar refractivity (Wildman–Crippen MR) is 42.6 cm³/mol. The highest BCUT2D eigenvalue weighted by Gasteiger charge is 2.39. The highest BCUT2D eigenvalue weighted by molar-refractivity contribution is 8.00. The zero-order valence-electron chi connectivity index (χ0n) is 5.96. The van der Waals surface area contributed by atoms with E-state index in [0.29, 0.717) is 0 Å². The summed E-state index contributed by atoms with van der Waals surface area (Å²) >= 11 is 1.80. The van der Waals surface area contributed by atoms with Crippen LogP contribution in [0.1, 0.15) is 6.92 Å². The van der Waals surface area contributed by atoms with Crippen molar-refractivity contribution in [1.82, 2.24) is 0 Å². The molecule has 0 aromatic carbocycles. The van der Waals surface area contributed by atoms with Crippen LogP contribution in [0.5, 0.6) is 0 Å². The summed E-state index contributed by atoms with van der Waals surface area (Å²) in [5.41, 5.74) is 10.00. The maximum absolute atomic E-state index is 10.7. The summed E-state index contributed by atoms with van der Waals surface area (Å²) in [5, 5.41) is 0. The maximum Gasteiger partial charge on any atom is 0.237 e. The SMILES string of the molecule is CC(N)(C(N)=O)C1CSC1. The fourth-order valence-electron chi connectivity index (χ4n) is 0.783. The number of hydrogen-bond donors (Lipinski definition) is 2. The number of carbonyl (C=O) groups excluding carboxylic acids is 1. The van der Waals surface area contributed by atoms with E-state index in [1.165, 1.54) is 0 Å². The molecule has 0 spiro atoms. The van der Waals surface area contributed by atoms with Crippen LogP contribution < -0.4 is 11.5 Å². The highest BCUT2D eigenvalue weighted by atomic mass is 32.2. The Morgan fingerprint density at radius 1 is 1.70 bits per heavy atom. The van der Waals surface area contributed by atoms with Crippen LogP contribution in [-0.2, 0) is 4.79 Å². The quantitative estimate of drug-likeness (QED) is 0.575. The Bertz CT molecular complexity index is 154. The third kappa shape index (κ3) is 1.13. The van der Waals surface area contributed by atoms with Gasteiger partial charge in [0.25, 0.3) is 0 Å². The molecule has 1 aliphatic heterocycles. The van der Waals surface area contributed by atoms with Crippen LogP contribution in [0.15, 0.2) is 0 Å². The van der Waals surface area contributed by atoms with E-state index in [1.807, 2.05) is 0 Å². The summed E-state index contributed by atoms with van der Waals surface area (Å²) in [5.74, 6) is 1.83. The van der Waals surface area contributed by atoms with Crippen molar-refractivity contribution in [2.24, 2.45) is 17.4 Å². The molecule has 1 aliphatic rings. The lowest BCUT2D eigenvalue weighted by molar-refractivity contribution is -0.123. The molecule has 0 aliphatic carbocycles. The molecule has 58 valence electrons. The van der Waals surface area contributed by atoms with Crippen LogP contribution >= 0.6 is 11.8 Å². The fraction of sp³-hybridized carbons (Fsp3) is 0.833. The van der Waals surface area contributed by atoms with Gasteiger partial charge < -0.3 is 11.5 Å². The van der Waals surface area contributed by atoms with Gasteiger partial charge in [-0.2, -0.15) is 11.8 Å². The molecule has 1 unspecified atom stereocenters. The average molecular weight is 160 g/mol. The number of carbonyl (C=O) groups is 1. The topological polar surface area (TPSA) is 69.1 Å². The molecule has 1 heterocycles. The number of primary amides is 1. The Kier molecular flexibility index (Phi) is 1.92. The molecule has 1 saturated heterocycles. The fourth-order valence-corrected chi connectivity index (χ4v) is 1.95. The molecule has 3 nitrogen and oxygen atoms in total. The molecule has 1 rings (SSSR count). The van der Waals surface area contributed by atoms with E-state index in [4.69, 9.17) is 11.5 Å². The van der Waals surface area contributed by atoms with Gasteiger partial charge in [-0.1, -0.05) is 0 Å². The minimum Gasteiger partial charge on any atom is -0.368 e. The van der Waals surface area contributed by atoms with Gasteiger partial charge in [-0.05, 0) is 18.4 Å². The highest BCUT2D eigenvalue weighted by Crippen LogP contribution is 2.31. The minimum absolute atomic E-state index is 0.287. The third-order valence-corrected chi connectivity index (χ3v) is 3.29. The first-order chi connectivity index (χ1) is 4.55. The Labute approximate surface area is 64.5 Å². The molecule has 4 heteroatoms. The molecule has 1 fully saturated rings. The summed E-state index contributed by atoms with van der Waals surface area (Å²) in [6.45, 7) is 1.71. The molecule has 1 amide bonds. The van der Waals surface area contributed by atoms with E-state index in [9.17, 15) is 4.79 Å². The Hall–Kier alpha value is -0.220. The monoisotopic (exact) mass is 160 g/mol. The van der Waals surface area contributed by atoms with Crippen molar-refractivity contribution in [3.8, 4) is 0 Å². The van der Waals surface area contributed by atoms with Crippen LogP contribution in [0, 0.1) is 5.92 Å². The summed E-state index contributed by atoms with van der Waals surface area (Å²) in [6.07, 6.45) is 0. The van der Waals surface area contributed by atoms with Crippen molar-refractivity contribution in [3.63, 3.8) is 0 Å². The average Bonchev–Trinajstić information content (AvgIpc) is 1.57. The zero-order valence-corrected chi connectivity index (χ0v) is 6.78. The summed E-state index contributed by atoms with van der Waals surface area (Å²) in [4.78, 5) is 10.7. The molecule has 10 heavy (non-hydrogen) atoms.